The molecule has 6 heteroatoms. The largest absolute Gasteiger partial charge is 0.382 e. The Balaban J connectivity index is 2.04. The van der Waals surface area contributed by atoms with Crippen LogP contribution in [-0.4, -0.2) is 35.4 Å². The molecule has 1 unspecified atom stereocenters. The maximum atomic E-state index is 12.6. The number of aromatic nitrogens is 1. The Bertz CT molecular complexity index is 486. The topological polar surface area (TPSA) is 71.2 Å². The van der Waals surface area contributed by atoms with Crippen LogP contribution in [0.5, 0.6) is 0 Å². The highest BCUT2D eigenvalue weighted by Crippen LogP contribution is 2.28. The van der Waals surface area contributed by atoms with Gasteiger partial charge in [0.25, 0.3) is 5.91 Å². The number of anilines is 2. The Labute approximate surface area is 130 Å². The summed E-state index contributed by atoms with van der Waals surface area (Å²) in [7, 11) is 0. The van der Waals surface area contributed by atoms with Gasteiger partial charge in [0, 0.05) is 19.6 Å². The minimum atomic E-state index is 0.0386. The first-order valence-electron chi connectivity index (χ1n) is 7.76. The van der Waals surface area contributed by atoms with Crippen molar-refractivity contribution in [2.45, 2.75) is 40.0 Å². The van der Waals surface area contributed by atoms with Crippen LogP contribution in [0.25, 0.3) is 0 Å². The van der Waals surface area contributed by atoms with Crippen LogP contribution in [-0.2, 0) is 0 Å². The third-order valence-corrected chi connectivity index (χ3v) is 4.83. The summed E-state index contributed by atoms with van der Waals surface area (Å²) in [6.07, 6.45) is 3.34. The molecular weight excluding hydrogens is 284 g/mol. The lowest BCUT2D eigenvalue weighted by Crippen LogP contribution is -2.31. The standard InChI is InChI=1S/C15H26N4OS/c1-10(2)9-17-15-18-13(16)12(21-15)14(20)19-7-4-5-11(3)6-8-19/h10-11H,4-9,16H2,1-3H3,(H,17,18). The lowest BCUT2D eigenvalue weighted by Gasteiger charge is -2.19. The number of nitrogens with zero attached hydrogens (tertiary/aromatic N) is 2. The molecule has 2 rings (SSSR count). The second-order valence-corrected chi connectivity index (χ2v) is 7.34. The first-order valence-corrected chi connectivity index (χ1v) is 8.58. The number of carbonyl (C=O) groups is 1. The zero-order valence-corrected chi connectivity index (χ0v) is 14.0. The van der Waals surface area contributed by atoms with E-state index in [2.05, 4.69) is 31.1 Å². The van der Waals surface area contributed by atoms with E-state index in [-0.39, 0.29) is 5.91 Å². The van der Waals surface area contributed by atoms with Crippen LogP contribution in [0.4, 0.5) is 10.9 Å². The van der Waals surface area contributed by atoms with Gasteiger partial charge in [-0.05, 0) is 31.1 Å². The molecule has 21 heavy (non-hydrogen) atoms. The van der Waals surface area contributed by atoms with Gasteiger partial charge in [0.05, 0.1) is 0 Å². The third kappa shape index (κ3) is 4.33. The Morgan fingerprint density at radius 3 is 2.95 bits per heavy atom. The number of rotatable bonds is 4. The van der Waals surface area contributed by atoms with Crippen molar-refractivity contribution < 1.29 is 4.79 Å². The highest BCUT2D eigenvalue weighted by molar-refractivity contribution is 7.18. The molecular formula is C15H26N4OS. The number of likely N-dealkylation sites (tertiary alicyclic amines) is 1. The SMILES string of the molecule is CC(C)CNc1nc(N)c(C(=O)N2CCCC(C)CC2)s1. The average molecular weight is 310 g/mol. The summed E-state index contributed by atoms with van der Waals surface area (Å²) in [4.78, 5) is 19.4. The summed E-state index contributed by atoms with van der Waals surface area (Å²) < 4.78 is 0. The summed E-state index contributed by atoms with van der Waals surface area (Å²) >= 11 is 1.37. The van der Waals surface area contributed by atoms with Crippen LogP contribution in [0.1, 0.15) is 49.7 Å². The Morgan fingerprint density at radius 2 is 2.24 bits per heavy atom. The summed E-state index contributed by atoms with van der Waals surface area (Å²) in [6, 6.07) is 0. The van der Waals surface area contributed by atoms with Gasteiger partial charge in [-0.1, -0.05) is 32.1 Å². The van der Waals surface area contributed by atoms with Crippen molar-refractivity contribution >= 4 is 28.2 Å². The molecule has 1 aromatic rings. The molecule has 1 atom stereocenters. The second-order valence-electron chi connectivity index (χ2n) is 6.34. The number of carbonyl (C=O) groups excluding carboxylic acids is 1. The predicted molar refractivity (Wildman–Crippen MR) is 88.8 cm³/mol. The smallest absolute Gasteiger partial charge is 0.267 e. The van der Waals surface area contributed by atoms with Crippen molar-refractivity contribution in [2.24, 2.45) is 11.8 Å². The molecule has 1 aliphatic rings. The van der Waals surface area contributed by atoms with E-state index in [1.165, 1.54) is 17.8 Å². The van der Waals surface area contributed by atoms with E-state index in [4.69, 9.17) is 5.73 Å². The van der Waals surface area contributed by atoms with Crippen LogP contribution in [0.3, 0.4) is 0 Å². The van der Waals surface area contributed by atoms with Crippen molar-refractivity contribution in [3.63, 3.8) is 0 Å². The minimum absolute atomic E-state index is 0.0386. The van der Waals surface area contributed by atoms with Crippen molar-refractivity contribution in [1.29, 1.82) is 0 Å². The summed E-state index contributed by atoms with van der Waals surface area (Å²) in [5.41, 5.74) is 5.93. The van der Waals surface area contributed by atoms with Crippen LogP contribution in [0.15, 0.2) is 0 Å². The summed E-state index contributed by atoms with van der Waals surface area (Å²) in [5.74, 6) is 1.62. The molecule has 0 aliphatic carbocycles. The predicted octanol–water partition coefficient (Wildman–Crippen LogP) is 3.06. The van der Waals surface area contributed by atoms with E-state index in [9.17, 15) is 4.79 Å². The molecule has 0 spiro atoms. The van der Waals surface area contributed by atoms with Crippen LogP contribution < -0.4 is 11.1 Å². The maximum Gasteiger partial charge on any atom is 0.267 e. The van der Waals surface area contributed by atoms with Crippen molar-refractivity contribution in [3.05, 3.63) is 4.88 Å². The molecule has 1 amide bonds. The molecule has 1 saturated heterocycles. The van der Waals surface area contributed by atoms with Gasteiger partial charge in [-0.15, -0.1) is 0 Å². The molecule has 0 aromatic carbocycles. The summed E-state index contributed by atoms with van der Waals surface area (Å²) in [6.45, 7) is 9.01. The quantitative estimate of drug-likeness (QED) is 0.896. The minimum Gasteiger partial charge on any atom is -0.382 e. The van der Waals surface area contributed by atoms with Crippen molar-refractivity contribution in [3.8, 4) is 0 Å². The Morgan fingerprint density at radius 1 is 1.48 bits per heavy atom. The lowest BCUT2D eigenvalue weighted by atomic mass is 10.0. The molecule has 1 aliphatic heterocycles. The number of amides is 1. The van der Waals surface area contributed by atoms with Crippen molar-refractivity contribution in [1.82, 2.24) is 9.88 Å². The molecule has 3 N–H and O–H groups in total. The fraction of sp³-hybridized carbons (Fsp3) is 0.733. The number of nitrogens with one attached hydrogen (secondary N) is 1. The van der Waals surface area contributed by atoms with E-state index >= 15 is 0 Å². The van der Waals surface area contributed by atoms with Crippen molar-refractivity contribution in [2.75, 3.05) is 30.7 Å². The molecule has 1 aromatic heterocycles. The highest BCUT2D eigenvalue weighted by Gasteiger charge is 2.24. The molecule has 118 valence electrons. The van der Waals surface area contributed by atoms with Crippen LogP contribution in [0, 0.1) is 11.8 Å². The number of nitrogens with two attached hydrogens (primary N) is 1. The van der Waals surface area contributed by atoms with E-state index in [0.717, 1.165) is 37.6 Å². The fourth-order valence-corrected chi connectivity index (χ4v) is 3.32. The molecule has 2 heterocycles. The zero-order chi connectivity index (χ0) is 15.4. The first-order chi connectivity index (χ1) is 9.97. The lowest BCUT2D eigenvalue weighted by molar-refractivity contribution is 0.0766. The number of thiazole rings is 1. The average Bonchev–Trinajstić information content (AvgIpc) is 2.66. The fourth-order valence-electron chi connectivity index (χ4n) is 2.46. The van der Waals surface area contributed by atoms with E-state index in [1.807, 2.05) is 4.90 Å². The Hall–Kier alpha value is -1.30. The molecule has 0 bridgehead atoms. The van der Waals surface area contributed by atoms with Crippen LogP contribution >= 0.6 is 11.3 Å². The normalized spacial score (nSPS) is 19.6. The van der Waals surface area contributed by atoms with Gasteiger partial charge < -0.3 is 16.0 Å². The van der Waals surface area contributed by atoms with Gasteiger partial charge in [0.15, 0.2) is 5.13 Å². The van der Waals surface area contributed by atoms with Gasteiger partial charge in [-0.25, -0.2) is 4.98 Å². The zero-order valence-electron chi connectivity index (χ0n) is 13.2. The maximum absolute atomic E-state index is 12.6. The van der Waals surface area contributed by atoms with Gasteiger partial charge >= 0.3 is 0 Å². The van der Waals surface area contributed by atoms with Crippen LogP contribution in [0.2, 0.25) is 0 Å². The molecule has 5 nitrogen and oxygen atoms in total. The van der Waals surface area contributed by atoms with Gasteiger partial charge in [-0.3, -0.25) is 4.79 Å². The number of hydrogen-bond acceptors (Lipinski definition) is 5. The number of hydrogen-bond donors (Lipinski definition) is 2. The van der Waals surface area contributed by atoms with E-state index in [1.54, 1.807) is 0 Å². The highest BCUT2D eigenvalue weighted by atomic mass is 32.1. The van der Waals surface area contributed by atoms with Gasteiger partial charge in [0.1, 0.15) is 10.7 Å². The summed E-state index contributed by atoms with van der Waals surface area (Å²) in [5, 5.41) is 3.98. The molecule has 0 saturated carbocycles. The Kier molecular flexibility index (Phi) is 5.45. The molecule has 1 fully saturated rings. The van der Waals surface area contributed by atoms with E-state index in [0.29, 0.717) is 22.5 Å². The monoisotopic (exact) mass is 310 g/mol. The number of nitrogen functional groups attached to an aromatic ring is 1. The third-order valence-electron chi connectivity index (χ3n) is 3.81. The van der Waals surface area contributed by atoms with Gasteiger partial charge in [-0.2, -0.15) is 0 Å². The van der Waals surface area contributed by atoms with E-state index < -0.39 is 0 Å². The molecule has 0 radical (unpaired) electrons. The second kappa shape index (κ2) is 7.11. The first kappa shape index (κ1) is 16.1. The van der Waals surface area contributed by atoms with Gasteiger partial charge in [0.2, 0.25) is 0 Å².